The Kier molecular flexibility index (Phi) is 3.08. The third-order valence-corrected chi connectivity index (χ3v) is 4.11. The van der Waals surface area contributed by atoms with E-state index in [1.54, 1.807) is 18.0 Å². The van der Waals surface area contributed by atoms with Crippen LogP contribution < -0.4 is 4.74 Å². The summed E-state index contributed by atoms with van der Waals surface area (Å²) in [7, 11) is 0. The van der Waals surface area contributed by atoms with Crippen LogP contribution in [0.4, 0.5) is 0 Å². The number of para-hydroxylation sites is 1. The monoisotopic (exact) mass is 300 g/mol. The van der Waals surface area contributed by atoms with Crippen molar-refractivity contribution < 1.29 is 13.9 Å². The maximum absolute atomic E-state index is 5.68. The number of rotatable bonds is 4. The van der Waals surface area contributed by atoms with Crippen molar-refractivity contribution in [2.24, 2.45) is 5.10 Å². The van der Waals surface area contributed by atoms with E-state index in [-0.39, 0.29) is 5.37 Å². The average molecular weight is 300 g/mol. The van der Waals surface area contributed by atoms with Crippen LogP contribution in [0.3, 0.4) is 0 Å². The van der Waals surface area contributed by atoms with Gasteiger partial charge in [0, 0.05) is 5.41 Å². The molecular formula is C15H12N2O3S. The summed E-state index contributed by atoms with van der Waals surface area (Å²) in [4.78, 5) is 0. The standard InChI is InChI=1S/C15H12N2O3S/c1-2-5-11(6-3-1)19-9-13-16-17-14(20-13)10-21-15(17)12-7-4-8-18-12/h1-8,10,15H,9H2. The molecule has 3 heterocycles. The Bertz CT molecular complexity index is 682. The van der Waals surface area contributed by atoms with Crippen molar-refractivity contribution in [2.75, 3.05) is 6.61 Å². The zero-order chi connectivity index (χ0) is 14.1. The summed E-state index contributed by atoms with van der Waals surface area (Å²) in [6, 6.07) is 13.4. The minimum absolute atomic E-state index is 0.00998. The molecular weight excluding hydrogens is 288 g/mol. The van der Waals surface area contributed by atoms with Gasteiger partial charge in [0.25, 0.3) is 5.90 Å². The third kappa shape index (κ3) is 2.38. The molecule has 4 rings (SSSR count). The van der Waals surface area contributed by atoms with E-state index in [0.717, 1.165) is 11.5 Å². The predicted octanol–water partition coefficient (Wildman–Crippen LogP) is 3.55. The van der Waals surface area contributed by atoms with Crippen LogP contribution in [0.15, 0.2) is 69.5 Å². The molecule has 5 nitrogen and oxygen atoms in total. The molecule has 0 spiro atoms. The fraction of sp³-hybridized carbons (Fsp3) is 0.133. The van der Waals surface area contributed by atoms with Crippen molar-refractivity contribution in [2.45, 2.75) is 5.37 Å². The Morgan fingerprint density at radius 2 is 2.10 bits per heavy atom. The van der Waals surface area contributed by atoms with Crippen LogP contribution in [0.1, 0.15) is 11.1 Å². The van der Waals surface area contributed by atoms with Crippen LogP contribution in [0.25, 0.3) is 0 Å². The molecule has 2 aliphatic rings. The molecule has 2 aromatic rings. The Labute approximate surface area is 125 Å². The first kappa shape index (κ1) is 12.4. The normalized spacial score (nSPS) is 19.8. The van der Waals surface area contributed by atoms with Crippen LogP contribution in [-0.2, 0) is 4.74 Å². The molecule has 106 valence electrons. The van der Waals surface area contributed by atoms with Crippen molar-refractivity contribution in [1.29, 1.82) is 0 Å². The van der Waals surface area contributed by atoms with Crippen molar-refractivity contribution in [3.8, 4) is 5.75 Å². The summed E-state index contributed by atoms with van der Waals surface area (Å²) in [6.07, 6.45) is 1.66. The third-order valence-electron chi connectivity index (χ3n) is 3.08. The van der Waals surface area contributed by atoms with Gasteiger partial charge in [0.05, 0.1) is 6.26 Å². The average Bonchev–Trinajstić information content (AvgIpc) is 3.22. The number of hydrogen-bond donors (Lipinski definition) is 0. The Morgan fingerprint density at radius 3 is 2.90 bits per heavy atom. The zero-order valence-electron chi connectivity index (χ0n) is 11.0. The molecule has 0 bridgehead atoms. The van der Waals surface area contributed by atoms with E-state index in [9.17, 15) is 0 Å². The van der Waals surface area contributed by atoms with Gasteiger partial charge in [-0.25, -0.2) is 5.01 Å². The molecule has 1 atom stereocenters. The number of furan rings is 1. The fourth-order valence-electron chi connectivity index (χ4n) is 2.12. The molecule has 0 saturated carbocycles. The summed E-state index contributed by atoms with van der Waals surface area (Å²) in [5.74, 6) is 2.90. The minimum atomic E-state index is -0.00998. The zero-order valence-corrected chi connectivity index (χ0v) is 11.8. The van der Waals surface area contributed by atoms with E-state index in [4.69, 9.17) is 13.9 Å². The van der Waals surface area contributed by atoms with E-state index in [1.165, 1.54) is 0 Å². The smallest absolute Gasteiger partial charge is 0.252 e. The van der Waals surface area contributed by atoms with Crippen LogP contribution in [-0.4, -0.2) is 17.5 Å². The maximum Gasteiger partial charge on any atom is 0.252 e. The SMILES string of the molecule is C1=C2OC(COc3ccccc3)=NN2C(c2ccco2)S1. The van der Waals surface area contributed by atoms with Crippen molar-refractivity contribution in [3.05, 3.63) is 65.8 Å². The molecule has 1 aromatic carbocycles. The lowest BCUT2D eigenvalue weighted by molar-refractivity contribution is 0.241. The van der Waals surface area contributed by atoms with Crippen LogP contribution in [0.2, 0.25) is 0 Å². The van der Waals surface area contributed by atoms with Crippen molar-refractivity contribution in [1.82, 2.24) is 5.01 Å². The molecule has 1 unspecified atom stereocenters. The van der Waals surface area contributed by atoms with E-state index in [2.05, 4.69) is 5.10 Å². The number of nitrogens with zero attached hydrogens (tertiary/aromatic N) is 2. The van der Waals surface area contributed by atoms with Gasteiger partial charge in [-0.2, -0.15) is 0 Å². The molecule has 2 aliphatic heterocycles. The Balaban J connectivity index is 1.45. The van der Waals surface area contributed by atoms with Gasteiger partial charge >= 0.3 is 0 Å². The summed E-state index contributed by atoms with van der Waals surface area (Å²) < 4.78 is 16.8. The van der Waals surface area contributed by atoms with Gasteiger partial charge in [0.15, 0.2) is 12.0 Å². The van der Waals surface area contributed by atoms with E-state index in [0.29, 0.717) is 18.4 Å². The van der Waals surface area contributed by atoms with E-state index >= 15 is 0 Å². The van der Waals surface area contributed by atoms with Gasteiger partial charge in [-0.05, 0) is 24.3 Å². The lowest BCUT2D eigenvalue weighted by Gasteiger charge is -2.14. The summed E-state index contributed by atoms with van der Waals surface area (Å²) in [5, 5.41) is 8.20. The summed E-state index contributed by atoms with van der Waals surface area (Å²) in [5.41, 5.74) is 0. The molecule has 6 heteroatoms. The highest BCUT2D eigenvalue weighted by atomic mass is 32.2. The van der Waals surface area contributed by atoms with Gasteiger partial charge < -0.3 is 13.9 Å². The minimum Gasteiger partial charge on any atom is -0.484 e. The first-order valence-corrected chi connectivity index (χ1v) is 7.46. The predicted molar refractivity (Wildman–Crippen MR) is 79.4 cm³/mol. The Morgan fingerprint density at radius 1 is 1.19 bits per heavy atom. The van der Waals surface area contributed by atoms with Crippen LogP contribution in [0, 0.1) is 0 Å². The quantitative estimate of drug-likeness (QED) is 0.864. The topological polar surface area (TPSA) is 47.2 Å². The highest BCUT2D eigenvalue weighted by molar-refractivity contribution is 8.02. The fourth-order valence-corrected chi connectivity index (χ4v) is 3.06. The number of thioether (sulfide) groups is 1. The number of ether oxygens (including phenoxy) is 2. The number of benzene rings is 1. The highest BCUT2D eigenvalue weighted by Gasteiger charge is 2.37. The second-order valence-electron chi connectivity index (χ2n) is 4.50. The van der Waals surface area contributed by atoms with Crippen molar-refractivity contribution >= 4 is 17.7 Å². The largest absolute Gasteiger partial charge is 0.484 e. The molecule has 0 aliphatic carbocycles. The molecule has 0 fully saturated rings. The van der Waals surface area contributed by atoms with Gasteiger partial charge in [0.1, 0.15) is 11.5 Å². The van der Waals surface area contributed by atoms with E-state index in [1.807, 2.05) is 52.9 Å². The first-order valence-electron chi connectivity index (χ1n) is 6.51. The van der Waals surface area contributed by atoms with Crippen molar-refractivity contribution in [3.63, 3.8) is 0 Å². The second-order valence-corrected chi connectivity index (χ2v) is 5.46. The molecule has 1 aromatic heterocycles. The molecule has 0 N–H and O–H groups in total. The summed E-state index contributed by atoms with van der Waals surface area (Å²) in [6.45, 7) is 0.299. The van der Waals surface area contributed by atoms with Crippen LogP contribution >= 0.6 is 11.8 Å². The lowest BCUT2D eigenvalue weighted by atomic mass is 10.3. The Hall–Kier alpha value is -2.34. The van der Waals surface area contributed by atoms with Crippen LogP contribution in [0.5, 0.6) is 5.75 Å². The van der Waals surface area contributed by atoms with Gasteiger partial charge in [-0.1, -0.05) is 30.0 Å². The maximum atomic E-state index is 5.68. The first-order chi connectivity index (χ1) is 10.4. The summed E-state index contributed by atoms with van der Waals surface area (Å²) >= 11 is 1.61. The lowest BCUT2D eigenvalue weighted by Crippen LogP contribution is -2.12. The van der Waals surface area contributed by atoms with Gasteiger partial charge in [-0.15, -0.1) is 5.10 Å². The van der Waals surface area contributed by atoms with E-state index < -0.39 is 0 Å². The molecule has 0 amide bonds. The number of hydrazone groups is 1. The van der Waals surface area contributed by atoms with Gasteiger partial charge in [-0.3, -0.25) is 0 Å². The number of hydrogen-bond acceptors (Lipinski definition) is 6. The highest BCUT2D eigenvalue weighted by Crippen LogP contribution is 2.45. The molecule has 0 radical (unpaired) electrons. The number of fused-ring (bicyclic) bond motifs is 1. The van der Waals surface area contributed by atoms with Gasteiger partial charge in [0.2, 0.25) is 5.88 Å². The molecule has 21 heavy (non-hydrogen) atoms. The second kappa shape index (κ2) is 5.21. The molecule has 0 saturated heterocycles.